The summed E-state index contributed by atoms with van der Waals surface area (Å²) in [6.45, 7) is -0.201. The highest BCUT2D eigenvalue weighted by Gasteiger charge is 2.12. The standard InChI is InChI=1S/C22H16Br2ClN3O3/c23-16-10-15(12-26-28-22(30)14-6-8-17(25)9-7-14)21(19(24)11-16)31-13-20(29)27-18-4-2-1-3-5-18/h1-12H,13H2,(H,27,29)(H,28,30)/b26-12+. The summed E-state index contributed by atoms with van der Waals surface area (Å²) in [5, 5.41) is 7.29. The first-order valence-corrected chi connectivity index (χ1v) is 10.9. The zero-order valence-corrected chi connectivity index (χ0v) is 19.9. The highest BCUT2D eigenvalue weighted by Crippen LogP contribution is 2.32. The molecule has 0 heterocycles. The zero-order chi connectivity index (χ0) is 22.2. The third-order valence-corrected chi connectivity index (χ3v) is 5.22. The van der Waals surface area contributed by atoms with E-state index in [1.54, 1.807) is 48.5 Å². The molecule has 0 radical (unpaired) electrons. The predicted octanol–water partition coefficient (Wildman–Crippen LogP) is 5.65. The number of ether oxygens (including phenoxy) is 1. The summed E-state index contributed by atoms with van der Waals surface area (Å²) in [7, 11) is 0. The third-order valence-electron chi connectivity index (χ3n) is 3.92. The number of halogens is 3. The average molecular weight is 566 g/mol. The van der Waals surface area contributed by atoms with Gasteiger partial charge in [0.1, 0.15) is 5.75 Å². The summed E-state index contributed by atoms with van der Waals surface area (Å²) >= 11 is 12.7. The first kappa shape index (κ1) is 23.0. The van der Waals surface area contributed by atoms with Crippen molar-refractivity contribution in [2.24, 2.45) is 5.10 Å². The van der Waals surface area contributed by atoms with E-state index in [9.17, 15) is 9.59 Å². The molecule has 0 aliphatic carbocycles. The minimum atomic E-state index is -0.383. The number of carbonyl (C=O) groups is 2. The van der Waals surface area contributed by atoms with Crippen molar-refractivity contribution in [3.05, 3.63) is 91.8 Å². The Balaban J connectivity index is 1.67. The van der Waals surface area contributed by atoms with E-state index in [0.29, 0.717) is 32.1 Å². The smallest absolute Gasteiger partial charge is 0.271 e. The first-order chi connectivity index (χ1) is 14.9. The van der Waals surface area contributed by atoms with Crippen LogP contribution in [0.3, 0.4) is 0 Å². The summed E-state index contributed by atoms with van der Waals surface area (Å²) < 4.78 is 7.11. The van der Waals surface area contributed by atoms with E-state index >= 15 is 0 Å². The molecule has 3 rings (SSSR count). The number of rotatable bonds is 7. The molecule has 3 aromatic rings. The number of hydrazone groups is 1. The maximum absolute atomic E-state index is 12.2. The van der Waals surface area contributed by atoms with Crippen LogP contribution in [0, 0.1) is 0 Å². The van der Waals surface area contributed by atoms with Crippen molar-refractivity contribution in [1.29, 1.82) is 0 Å². The fraction of sp³-hybridized carbons (Fsp3) is 0.0455. The molecule has 0 aromatic heterocycles. The number of carbonyl (C=O) groups excluding carboxylic acids is 2. The topological polar surface area (TPSA) is 79.8 Å². The lowest BCUT2D eigenvalue weighted by Gasteiger charge is -2.12. The summed E-state index contributed by atoms with van der Waals surface area (Å²) in [6.07, 6.45) is 1.44. The van der Waals surface area contributed by atoms with Crippen molar-refractivity contribution < 1.29 is 14.3 Å². The lowest BCUT2D eigenvalue weighted by atomic mass is 10.2. The van der Waals surface area contributed by atoms with Crippen molar-refractivity contribution in [3.63, 3.8) is 0 Å². The molecule has 0 bridgehead atoms. The summed E-state index contributed by atoms with van der Waals surface area (Å²) in [5.74, 6) is -0.275. The van der Waals surface area contributed by atoms with Crippen molar-refractivity contribution in [2.75, 3.05) is 11.9 Å². The second-order valence-corrected chi connectivity index (χ2v) is 8.42. The van der Waals surface area contributed by atoms with Gasteiger partial charge in [-0.2, -0.15) is 5.10 Å². The Hall–Kier alpha value is -2.68. The highest BCUT2D eigenvalue weighted by atomic mass is 79.9. The molecule has 3 aromatic carbocycles. The Morgan fingerprint density at radius 3 is 2.45 bits per heavy atom. The van der Waals surface area contributed by atoms with Crippen LogP contribution in [0.2, 0.25) is 5.02 Å². The van der Waals surface area contributed by atoms with Gasteiger partial charge in [0.05, 0.1) is 10.7 Å². The van der Waals surface area contributed by atoms with E-state index in [0.717, 1.165) is 4.47 Å². The van der Waals surface area contributed by atoms with Gasteiger partial charge >= 0.3 is 0 Å². The van der Waals surface area contributed by atoms with Crippen molar-refractivity contribution >= 4 is 67.2 Å². The van der Waals surface area contributed by atoms with E-state index in [4.69, 9.17) is 16.3 Å². The Kier molecular flexibility index (Phi) is 8.22. The summed E-state index contributed by atoms with van der Waals surface area (Å²) in [4.78, 5) is 24.4. The third kappa shape index (κ3) is 6.92. The minimum absolute atomic E-state index is 0.201. The molecule has 0 aliphatic rings. The number of hydrogen-bond donors (Lipinski definition) is 2. The van der Waals surface area contributed by atoms with Crippen molar-refractivity contribution in [3.8, 4) is 5.75 Å². The highest BCUT2D eigenvalue weighted by molar-refractivity contribution is 9.11. The average Bonchev–Trinajstić information content (AvgIpc) is 2.74. The van der Waals surface area contributed by atoms with Crippen LogP contribution in [-0.4, -0.2) is 24.6 Å². The van der Waals surface area contributed by atoms with Crippen LogP contribution in [-0.2, 0) is 4.79 Å². The molecule has 0 aliphatic heterocycles. The zero-order valence-electron chi connectivity index (χ0n) is 15.9. The SMILES string of the molecule is O=C(COc1c(Br)cc(Br)cc1/C=N/NC(=O)c1ccc(Cl)cc1)Nc1ccccc1. The van der Waals surface area contributed by atoms with Crippen LogP contribution < -0.4 is 15.5 Å². The van der Waals surface area contributed by atoms with Gasteiger partial charge in [0, 0.05) is 26.3 Å². The fourth-order valence-corrected chi connectivity index (χ4v) is 4.01. The van der Waals surface area contributed by atoms with Gasteiger partial charge in [0.25, 0.3) is 11.8 Å². The van der Waals surface area contributed by atoms with Gasteiger partial charge < -0.3 is 10.1 Å². The molecule has 9 heteroatoms. The largest absolute Gasteiger partial charge is 0.482 e. The van der Waals surface area contributed by atoms with E-state index < -0.39 is 0 Å². The molecule has 31 heavy (non-hydrogen) atoms. The number of hydrogen-bond acceptors (Lipinski definition) is 4. The molecule has 2 amide bonds. The normalized spacial score (nSPS) is 10.7. The number of nitrogens with one attached hydrogen (secondary N) is 2. The van der Waals surface area contributed by atoms with Crippen molar-refractivity contribution in [1.82, 2.24) is 5.43 Å². The molecule has 0 fully saturated rings. The lowest BCUT2D eigenvalue weighted by Crippen LogP contribution is -2.21. The van der Waals surface area contributed by atoms with Crippen LogP contribution in [0.5, 0.6) is 5.75 Å². The monoisotopic (exact) mass is 563 g/mol. The minimum Gasteiger partial charge on any atom is -0.482 e. The molecule has 0 spiro atoms. The van der Waals surface area contributed by atoms with E-state index in [1.165, 1.54) is 6.21 Å². The molecule has 0 saturated heterocycles. The van der Waals surface area contributed by atoms with Crippen LogP contribution >= 0.6 is 43.5 Å². The molecule has 2 N–H and O–H groups in total. The Labute approximate surface area is 200 Å². The number of benzene rings is 3. The van der Waals surface area contributed by atoms with E-state index in [-0.39, 0.29) is 18.4 Å². The summed E-state index contributed by atoms with van der Waals surface area (Å²) in [5.41, 5.74) is 4.11. The van der Waals surface area contributed by atoms with Crippen LogP contribution in [0.4, 0.5) is 5.69 Å². The number of amides is 2. The Morgan fingerprint density at radius 2 is 1.74 bits per heavy atom. The predicted molar refractivity (Wildman–Crippen MR) is 129 cm³/mol. The van der Waals surface area contributed by atoms with Gasteiger partial charge in [-0.05, 0) is 64.5 Å². The van der Waals surface area contributed by atoms with Gasteiger partial charge in [-0.3, -0.25) is 9.59 Å². The van der Waals surface area contributed by atoms with Crippen molar-refractivity contribution in [2.45, 2.75) is 0 Å². The molecule has 0 unspecified atom stereocenters. The number of nitrogens with zero attached hydrogens (tertiary/aromatic N) is 1. The van der Waals surface area contributed by atoms with E-state index in [1.807, 2.05) is 18.2 Å². The second kappa shape index (κ2) is 11.1. The van der Waals surface area contributed by atoms with Crippen LogP contribution in [0.15, 0.2) is 80.8 Å². The van der Waals surface area contributed by atoms with Gasteiger partial charge in [0.15, 0.2) is 6.61 Å². The second-order valence-electron chi connectivity index (χ2n) is 6.21. The molecular weight excluding hydrogens is 550 g/mol. The van der Waals surface area contributed by atoms with Crippen LogP contribution in [0.1, 0.15) is 15.9 Å². The molecule has 0 saturated carbocycles. The Bertz CT molecular complexity index is 1110. The molecule has 6 nitrogen and oxygen atoms in total. The van der Waals surface area contributed by atoms with Gasteiger partial charge in [-0.1, -0.05) is 45.7 Å². The number of anilines is 1. The fourth-order valence-electron chi connectivity index (χ4n) is 2.51. The van der Waals surface area contributed by atoms with Gasteiger partial charge in [-0.15, -0.1) is 0 Å². The van der Waals surface area contributed by atoms with E-state index in [2.05, 4.69) is 47.7 Å². The van der Waals surface area contributed by atoms with Gasteiger partial charge in [0.2, 0.25) is 0 Å². The number of para-hydroxylation sites is 1. The maximum atomic E-state index is 12.2. The molecule has 158 valence electrons. The summed E-state index contributed by atoms with van der Waals surface area (Å²) in [6, 6.07) is 19.1. The maximum Gasteiger partial charge on any atom is 0.271 e. The molecule has 0 atom stereocenters. The quantitative estimate of drug-likeness (QED) is 0.287. The Morgan fingerprint density at radius 1 is 1.03 bits per heavy atom. The van der Waals surface area contributed by atoms with Gasteiger partial charge in [-0.25, -0.2) is 5.43 Å². The first-order valence-electron chi connectivity index (χ1n) is 8.98. The molecular formula is C22H16Br2ClN3O3. The lowest BCUT2D eigenvalue weighted by molar-refractivity contribution is -0.118. The van der Waals surface area contributed by atoms with Crippen LogP contribution in [0.25, 0.3) is 0 Å².